The molecule has 18 heavy (non-hydrogen) atoms. The first-order chi connectivity index (χ1) is 8.70. The highest BCUT2D eigenvalue weighted by Crippen LogP contribution is 2.17. The van der Waals surface area contributed by atoms with Gasteiger partial charge in [0.05, 0.1) is 13.0 Å². The molecule has 2 rings (SSSR count). The lowest BCUT2D eigenvalue weighted by atomic mass is 9.98. The number of aromatic nitrogens is 2. The third-order valence-corrected chi connectivity index (χ3v) is 3.17. The monoisotopic (exact) mass is 251 g/mol. The number of methoxy groups -OCH3 is 1. The summed E-state index contributed by atoms with van der Waals surface area (Å²) in [5.41, 5.74) is 0. The Hall–Kier alpha value is -1.85. The number of ether oxygens (including phenoxy) is 1. The number of hydrogen-bond acceptors (Lipinski definition) is 4. The van der Waals surface area contributed by atoms with Crippen molar-refractivity contribution in [3.05, 3.63) is 18.5 Å². The molecule has 0 aromatic carbocycles. The van der Waals surface area contributed by atoms with Gasteiger partial charge in [-0.25, -0.2) is 0 Å². The molecule has 0 radical (unpaired) electrons. The average molecular weight is 251 g/mol. The van der Waals surface area contributed by atoms with Gasteiger partial charge in [0.2, 0.25) is 5.91 Å². The predicted octanol–water partition coefficient (Wildman–Crippen LogP) is 0.295. The molecule has 98 valence electrons. The zero-order valence-corrected chi connectivity index (χ0v) is 10.4. The lowest BCUT2D eigenvalue weighted by Crippen LogP contribution is -2.44. The Bertz CT molecular complexity index is 416. The summed E-state index contributed by atoms with van der Waals surface area (Å²) in [5.74, 6) is -0.427. The molecule has 6 heteroatoms. The predicted molar refractivity (Wildman–Crippen MR) is 63.5 cm³/mol. The maximum Gasteiger partial charge on any atom is 0.310 e. The van der Waals surface area contributed by atoms with Gasteiger partial charge in [-0.15, -0.1) is 0 Å². The molecule has 1 aromatic heterocycles. The maximum absolute atomic E-state index is 12.0. The Kier molecular flexibility index (Phi) is 3.96. The zero-order chi connectivity index (χ0) is 13.0. The number of carbonyl (C=O) groups is 2. The minimum Gasteiger partial charge on any atom is -0.469 e. The fourth-order valence-electron chi connectivity index (χ4n) is 2.20. The topological polar surface area (TPSA) is 64.4 Å². The maximum atomic E-state index is 12.0. The van der Waals surface area contributed by atoms with E-state index in [9.17, 15) is 9.59 Å². The van der Waals surface area contributed by atoms with Crippen molar-refractivity contribution >= 4 is 11.9 Å². The molecule has 6 nitrogen and oxygen atoms in total. The van der Waals surface area contributed by atoms with Crippen molar-refractivity contribution in [1.29, 1.82) is 0 Å². The van der Waals surface area contributed by atoms with Gasteiger partial charge in [0, 0.05) is 25.5 Å². The lowest BCUT2D eigenvalue weighted by Gasteiger charge is -2.31. The summed E-state index contributed by atoms with van der Waals surface area (Å²) in [6.45, 7) is 1.38. The summed E-state index contributed by atoms with van der Waals surface area (Å²) < 4.78 is 6.32. The first-order valence-electron chi connectivity index (χ1n) is 6.03. The second-order valence-corrected chi connectivity index (χ2v) is 4.41. The van der Waals surface area contributed by atoms with Gasteiger partial charge < -0.3 is 9.64 Å². The molecule has 1 atom stereocenters. The van der Waals surface area contributed by atoms with Gasteiger partial charge >= 0.3 is 5.97 Å². The van der Waals surface area contributed by atoms with Crippen molar-refractivity contribution in [2.24, 2.45) is 5.92 Å². The number of hydrogen-bond donors (Lipinski definition) is 0. The van der Waals surface area contributed by atoms with Crippen LogP contribution in [0.15, 0.2) is 18.5 Å². The van der Waals surface area contributed by atoms with E-state index in [1.807, 2.05) is 0 Å². The molecule has 0 N–H and O–H groups in total. The van der Waals surface area contributed by atoms with E-state index in [1.165, 1.54) is 7.11 Å². The zero-order valence-electron chi connectivity index (χ0n) is 10.4. The highest BCUT2D eigenvalue weighted by Gasteiger charge is 2.28. The van der Waals surface area contributed by atoms with Crippen LogP contribution in [0.4, 0.5) is 0 Å². The molecule has 1 amide bonds. The van der Waals surface area contributed by atoms with Gasteiger partial charge in [-0.1, -0.05) is 0 Å². The van der Waals surface area contributed by atoms with E-state index in [2.05, 4.69) is 5.10 Å². The second kappa shape index (κ2) is 5.66. The minimum absolute atomic E-state index is 0.00713. The van der Waals surface area contributed by atoms with E-state index in [1.54, 1.807) is 28.0 Å². The molecule has 1 unspecified atom stereocenters. The van der Waals surface area contributed by atoms with E-state index in [0.717, 1.165) is 12.8 Å². The molecule has 1 aliphatic heterocycles. The third-order valence-electron chi connectivity index (χ3n) is 3.17. The van der Waals surface area contributed by atoms with Crippen LogP contribution >= 0.6 is 0 Å². The Labute approximate surface area is 106 Å². The van der Waals surface area contributed by atoms with Crippen LogP contribution in [0, 0.1) is 5.92 Å². The molecular formula is C12H17N3O3. The molecule has 0 saturated carbocycles. The smallest absolute Gasteiger partial charge is 0.310 e. The van der Waals surface area contributed by atoms with Crippen LogP contribution in [0.2, 0.25) is 0 Å². The van der Waals surface area contributed by atoms with Crippen molar-refractivity contribution in [3.63, 3.8) is 0 Å². The number of carbonyl (C=O) groups excluding carboxylic acids is 2. The quantitative estimate of drug-likeness (QED) is 0.724. The molecule has 1 aliphatic rings. The van der Waals surface area contributed by atoms with E-state index < -0.39 is 0 Å². The van der Waals surface area contributed by atoms with Crippen LogP contribution in [-0.4, -0.2) is 46.8 Å². The first-order valence-corrected chi connectivity index (χ1v) is 6.03. The second-order valence-electron chi connectivity index (χ2n) is 4.41. The molecular weight excluding hydrogens is 234 g/mol. The fourth-order valence-corrected chi connectivity index (χ4v) is 2.20. The SMILES string of the molecule is COC(=O)C1CCCN(C(=O)Cn2cccn2)C1. The van der Waals surface area contributed by atoms with Crippen LogP contribution in [0.3, 0.4) is 0 Å². The fraction of sp³-hybridized carbons (Fsp3) is 0.583. The minimum atomic E-state index is -0.230. The highest BCUT2D eigenvalue weighted by molar-refractivity contribution is 5.78. The van der Waals surface area contributed by atoms with Gasteiger partial charge in [-0.2, -0.15) is 5.10 Å². The van der Waals surface area contributed by atoms with Crippen LogP contribution in [-0.2, 0) is 20.9 Å². The van der Waals surface area contributed by atoms with Crippen molar-refractivity contribution in [3.8, 4) is 0 Å². The highest BCUT2D eigenvalue weighted by atomic mass is 16.5. The number of esters is 1. The Morgan fingerprint density at radius 3 is 3.00 bits per heavy atom. The number of rotatable bonds is 3. The van der Waals surface area contributed by atoms with Crippen molar-refractivity contribution in [1.82, 2.24) is 14.7 Å². The molecule has 0 bridgehead atoms. The number of likely N-dealkylation sites (tertiary alicyclic amines) is 1. The summed E-state index contributed by atoms with van der Waals surface area (Å²) in [7, 11) is 1.38. The van der Waals surface area contributed by atoms with Crippen LogP contribution in [0.5, 0.6) is 0 Å². The van der Waals surface area contributed by atoms with Gasteiger partial charge in [-0.05, 0) is 18.9 Å². The van der Waals surface area contributed by atoms with E-state index in [4.69, 9.17) is 4.74 Å². The molecule has 1 aromatic rings. The molecule has 2 heterocycles. The molecule has 0 aliphatic carbocycles. The van der Waals surface area contributed by atoms with Gasteiger partial charge in [0.15, 0.2) is 0 Å². The van der Waals surface area contributed by atoms with E-state index >= 15 is 0 Å². The Morgan fingerprint density at radius 2 is 2.33 bits per heavy atom. The molecule has 1 saturated heterocycles. The third kappa shape index (κ3) is 2.88. The van der Waals surface area contributed by atoms with Crippen molar-refractivity contribution in [2.75, 3.05) is 20.2 Å². The average Bonchev–Trinajstić information content (AvgIpc) is 2.90. The molecule has 0 spiro atoms. The summed E-state index contributed by atoms with van der Waals surface area (Å²) in [6.07, 6.45) is 5.02. The van der Waals surface area contributed by atoms with Crippen LogP contribution < -0.4 is 0 Å². The van der Waals surface area contributed by atoms with Gasteiger partial charge in [0.1, 0.15) is 6.54 Å². The number of piperidine rings is 1. The van der Waals surface area contributed by atoms with Crippen molar-refractivity contribution < 1.29 is 14.3 Å². The molecule has 1 fully saturated rings. The largest absolute Gasteiger partial charge is 0.469 e. The standard InChI is InChI=1S/C12H17N3O3/c1-18-12(17)10-4-2-6-14(8-10)11(16)9-15-7-3-5-13-15/h3,5,7,10H,2,4,6,8-9H2,1H3. The van der Waals surface area contributed by atoms with Crippen LogP contribution in [0.25, 0.3) is 0 Å². The van der Waals surface area contributed by atoms with Gasteiger partial charge in [0.25, 0.3) is 0 Å². The Morgan fingerprint density at radius 1 is 1.50 bits per heavy atom. The lowest BCUT2D eigenvalue weighted by molar-refractivity contribution is -0.149. The van der Waals surface area contributed by atoms with Crippen LogP contribution in [0.1, 0.15) is 12.8 Å². The summed E-state index contributed by atoms with van der Waals surface area (Å²) in [6, 6.07) is 1.78. The van der Waals surface area contributed by atoms with Gasteiger partial charge in [-0.3, -0.25) is 14.3 Å². The summed E-state index contributed by atoms with van der Waals surface area (Å²) in [4.78, 5) is 25.2. The number of nitrogens with zero attached hydrogens (tertiary/aromatic N) is 3. The number of amides is 1. The summed E-state index contributed by atoms with van der Waals surface area (Å²) >= 11 is 0. The normalized spacial score (nSPS) is 19.6. The Balaban J connectivity index is 1.92. The van der Waals surface area contributed by atoms with E-state index in [0.29, 0.717) is 13.1 Å². The van der Waals surface area contributed by atoms with E-state index in [-0.39, 0.29) is 24.3 Å². The van der Waals surface area contributed by atoms with Crippen molar-refractivity contribution in [2.45, 2.75) is 19.4 Å². The first kappa shape index (κ1) is 12.6. The summed E-state index contributed by atoms with van der Waals surface area (Å²) in [5, 5.41) is 4.00.